The van der Waals surface area contributed by atoms with E-state index in [-0.39, 0.29) is 32.9 Å². The summed E-state index contributed by atoms with van der Waals surface area (Å²) in [6, 6.07) is 0. The molecule has 5 rings (SSSR count). The van der Waals surface area contributed by atoms with Crippen molar-refractivity contribution in [3.05, 3.63) is 12.2 Å². The fourth-order valence-electron chi connectivity index (χ4n) is 11.5. The predicted octanol–water partition coefficient (Wildman–Crippen LogP) is 6.18. The van der Waals surface area contributed by atoms with Gasteiger partial charge in [0.1, 0.15) is 6.10 Å². The largest absolute Gasteiger partial charge is 0.396 e. The van der Waals surface area contributed by atoms with Gasteiger partial charge in [-0.05, 0) is 110 Å². The zero-order valence-corrected chi connectivity index (χ0v) is 22.0. The lowest BCUT2D eigenvalue weighted by Gasteiger charge is -2.72. The monoisotopic (exact) mass is 456 g/mol. The minimum absolute atomic E-state index is 0.0320. The fourth-order valence-corrected chi connectivity index (χ4v) is 11.5. The Kier molecular flexibility index (Phi) is 5.24. The van der Waals surface area contributed by atoms with Crippen molar-refractivity contribution in [1.29, 1.82) is 0 Å². The smallest absolute Gasteiger partial charge is 0.162 e. The first-order valence-electron chi connectivity index (χ1n) is 13.8. The van der Waals surface area contributed by atoms with Crippen LogP contribution in [0.2, 0.25) is 0 Å². The Morgan fingerprint density at radius 3 is 2.27 bits per heavy atom. The summed E-state index contributed by atoms with van der Waals surface area (Å²) in [6.07, 6.45) is 9.11. The van der Waals surface area contributed by atoms with Gasteiger partial charge in [-0.2, -0.15) is 0 Å². The molecule has 5 fully saturated rings. The Balaban J connectivity index is 1.57. The first-order chi connectivity index (χ1) is 15.3. The van der Waals surface area contributed by atoms with E-state index in [4.69, 9.17) is 0 Å². The lowest BCUT2D eigenvalue weighted by molar-refractivity contribution is -0.244. The van der Waals surface area contributed by atoms with E-state index in [2.05, 4.69) is 48.1 Å². The zero-order chi connectivity index (χ0) is 24.2. The lowest BCUT2D eigenvalue weighted by atomic mass is 9.32. The summed E-state index contributed by atoms with van der Waals surface area (Å²) < 4.78 is 0. The third kappa shape index (κ3) is 2.79. The van der Waals surface area contributed by atoms with Gasteiger partial charge in [0.15, 0.2) is 5.78 Å². The maximum absolute atomic E-state index is 13.1. The molecule has 33 heavy (non-hydrogen) atoms. The van der Waals surface area contributed by atoms with Crippen molar-refractivity contribution in [1.82, 2.24) is 0 Å². The van der Waals surface area contributed by atoms with Gasteiger partial charge in [-0.1, -0.05) is 46.8 Å². The normalized spacial score (nSPS) is 55.2. The van der Waals surface area contributed by atoms with Crippen molar-refractivity contribution in [2.45, 2.75) is 105 Å². The standard InChI is InChI=1S/C30H48O3/c1-18(2)19-10-13-30(17-31)15-14-28(6)20(24(19)30)8-9-23-27(5)16-21(32)25(33)26(3,4)22(27)11-12-29(23,28)7/h19-20,22-25,31,33H,1,8-17H2,2-7H3/t19-,20+,22-,23+,24+,25+,27-,28+,29+,30+/m0/s1. The van der Waals surface area contributed by atoms with Crippen molar-refractivity contribution in [3.8, 4) is 0 Å². The number of aliphatic hydroxyl groups excluding tert-OH is 2. The van der Waals surface area contributed by atoms with Gasteiger partial charge in [0, 0.05) is 18.4 Å². The molecule has 0 aliphatic heterocycles. The summed E-state index contributed by atoms with van der Waals surface area (Å²) in [5.41, 5.74) is 1.45. The van der Waals surface area contributed by atoms with Crippen LogP contribution in [-0.4, -0.2) is 28.7 Å². The van der Waals surface area contributed by atoms with Gasteiger partial charge < -0.3 is 10.2 Å². The summed E-state index contributed by atoms with van der Waals surface area (Å²) in [5, 5.41) is 21.5. The van der Waals surface area contributed by atoms with E-state index >= 15 is 0 Å². The minimum atomic E-state index is -0.818. The third-order valence-corrected chi connectivity index (χ3v) is 13.3. The molecule has 0 spiro atoms. The molecule has 0 aromatic carbocycles. The van der Waals surface area contributed by atoms with Crippen LogP contribution in [0, 0.1) is 56.7 Å². The first-order valence-corrected chi connectivity index (χ1v) is 13.8. The molecule has 0 bridgehead atoms. The molecule has 5 saturated carbocycles. The molecule has 5 aliphatic carbocycles. The molecular weight excluding hydrogens is 408 g/mol. The highest BCUT2D eigenvalue weighted by atomic mass is 16.3. The number of carbonyl (C=O) groups excluding carboxylic acids is 1. The van der Waals surface area contributed by atoms with Gasteiger partial charge >= 0.3 is 0 Å². The number of aliphatic hydroxyl groups is 2. The second-order valence-electron chi connectivity index (χ2n) is 14.6. The van der Waals surface area contributed by atoms with E-state index in [1.54, 1.807) is 0 Å². The summed E-state index contributed by atoms with van der Waals surface area (Å²) in [7, 11) is 0. The molecule has 3 nitrogen and oxygen atoms in total. The average Bonchev–Trinajstić information content (AvgIpc) is 3.13. The number of Topliss-reactive ketones (excluding diaryl/α,β-unsaturated/α-hetero) is 1. The van der Waals surface area contributed by atoms with E-state index < -0.39 is 6.10 Å². The van der Waals surface area contributed by atoms with E-state index in [1.807, 2.05) is 0 Å². The number of carbonyl (C=O) groups is 1. The van der Waals surface area contributed by atoms with Crippen molar-refractivity contribution in [2.24, 2.45) is 56.7 Å². The number of hydrogen-bond acceptors (Lipinski definition) is 3. The molecule has 2 N–H and O–H groups in total. The van der Waals surface area contributed by atoms with Crippen molar-refractivity contribution in [2.75, 3.05) is 6.61 Å². The fraction of sp³-hybridized carbons (Fsp3) is 0.900. The van der Waals surface area contributed by atoms with Crippen molar-refractivity contribution in [3.63, 3.8) is 0 Å². The van der Waals surface area contributed by atoms with Crippen molar-refractivity contribution < 1.29 is 15.0 Å². The summed E-state index contributed by atoms with van der Waals surface area (Å²) in [6.45, 7) is 18.8. The molecule has 0 amide bonds. The zero-order valence-electron chi connectivity index (χ0n) is 22.0. The molecule has 10 atom stereocenters. The Labute approximate surface area is 201 Å². The molecule has 0 heterocycles. The van der Waals surface area contributed by atoms with Crippen molar-refractivity contribution >= 4 is 5.78 Å². The molecule has 0 aromatic rings. The summed E-state index contributed by atoms with van der Waals surface area (Å²) in [5.74, 6) is 2.70. The number of rotatable bonds is 2. The number of allylic oxidation sites excluding steroid dienone is 1. The molecular formula is C30H48O3. The number of fused-ring (bicyclic) bond motifs is 7. The molecule has 3 heteroatoms. The second kappa shape index (κ2) is 7.19. The van der Waals surface area contributed by atoms with E-state index in [1.165, 1.54) is 37.7 Å². The molecule has 0 aromatic heterocycles. The highest BCUT2D eigenvalue weighted by molar-refractivity contribution is 5.85. The van der Waals surface area contributed by atoms with Crippen LogP contribution in [0.25, 0.3) is 0 Å². The van der Waals surface area contributed by atoms with E-state index in [9.17, 15) is 15.0 Å². The predicted molar refractivity (Wildman–Crippen MR) is 132 cm³/mol. The maximum Gasteiger partial charge on any atom is 0.162 e. The van der Waals surface area contributed by atoms with Crippen LogP contribution >= 0.6 is 0 Å². The van der Waals surface area contributed by atoms with Crippen LogP contribution in [0.3, 0.4) is 0 Å². The molecule has 186 valence electrons. The Bertz CT molecular complexity index is 861. The Morgan fingerprint density at radius 2 is 1.64 bits per heavy atom. The van der Waals surface area contributed by atoms with Gasteiger partial charge in [-0.3, -0.25) is 4.79 Å². The first kappa shape index (κ1) is 24.0. The van der Waals surface area contributed by atoms with Crippen LogP contribution in [0.1, 0.15) is 99.3 Å². The quantitative estimate of drug-likeness (QED) is 0.488. The lowest BCUT2D eigenvalue weighted by Crippen LogP contribution is -2.68. The third-order valence-electron chi connectivity index (χ3n) is 13.3. The second-order valence-corrected chi connectivity index (χ2v) is 14.6. The Hall–Kier alpha value is -0.670. The molecule has 0 unspecified atom stereocenters. The van der Waals surface area contributed by atoms with E-state index in [0.29, 0.717) is 42.6 Å². The number of ketones is 1. The van der Waals surface area contributed by atoms with E-state index in [0.717, 1.165) is 19.3 Å². The topological polar surface area (TPSA) is 57.5 Å². The molecule has 5 aliphatic rings. The number of hydrogen-bond donors (Lipinski definition) is 2. The van der Waals surface area contributed by atoms with Gasteiger partial charge in [0.05, 0.1) is 0 Å². The average molecular weight is 457 g/mol. The summed E-state index contributed by atoms with van der Waals surface area (Å²) in [4.78, 5) is 13.1. The van der Waals surface area contributed by atoms with Gasteiger partial charge in [0.2, 0.25) is 0 Å². The van der Waals surface area contributed by atoms with Crippen LogP contribution in [-0.2, 0) is 4.79 Å². The highest BCUT2D eigenvalue weighted by Gasteiger charge is 2.71. The van der Waals surface area contributed by atoms with Gasteiger partial charge in [-0.25, -0.2) is 0 Å². The Morgan fingerprint density at radius 1 is 0.939 bits per heavy atom. The van der Waals surface area contributed by atoms with Crippen LogP contribution < -0.4 is 0 Å². The minimum Gasteiger partial charge on any atom is -0.396 e. The van der Waals surface area contributed by atoms with Gasteiger partial charge in [0.25, 0.3) is 0 Å². The highest BCUT2D eigenvalue weighted by Crippen LogP contribution is 2.77. The molecule has 0 saturated heterocycles. The van der Waals surface area contributed by atoms with Crippen LogP contribution in [0.4, 0.5) is 0 Å². The summed E-state index contributed by atoms with van der Waals surface area (Å²) >= 11 is 0. The maximum atomic E-state index is 13.1. The van der Waals surface area contributed by atoms with Crippen LogP contribution in [0.15, 0.2) is 12.2 Å². The molecule has 0 radical (unpaired) electrons. The van der Waals surface area contributed by atoms with Crippen LogP contribution in [0.5, 0.6) is 0 Å². The van der Waals surface area contributed by atoms with Gasteiger partial charge in [-0.15, -0.1) is 0 Å². The SMILES string of the molecule is C=C(C)[C@@H]1CC[C@]2(CO)CC[C@]3(C)[C@H](CC[C@@H]4[C@@]5(C)CC(=O)[C@@H](O)C(C)(C)[C@@H]5CC[C@]43C)[C@@H]12.